The minimum atomic E-state index is -0.639. The molecule has 0 aliphatic carbocycles. The average molecular weight is 457 g/mol. The first kappa shape index (κ1) is 23.7. The molecule has 1 heterocycles. The molecule has 2 amide bonds. The number of nitrogens with one attached hydrogen (secondary N) is 2. The Labute approximate surface area is 201 Å². The van der Waals surface area contributed by atoms with Gasteiger partial charge in [0.1, 0.15) is 6.04 Å². The third-order valence-corrected chi connectivity index (χ3v) is 6.12. The summed E-state index contributed by atoms with van der Waals surface area (Å²) in [6.07, 6.45) is 0. The molecule has 2 N–H and O–H groups in total. The number of carbonyl (C=O) groups excluding carboxylic acids is 2. The topological polar surface area (TPSA) is 64.7 Å². The van der Waals surface area contributed by atoms with Crippen LogP contribution in [0.25, 0.3) is 0 Å². The number of amides is 2. The lowest BCUT2D eigenvalue weighted by molar-refractivity contribution is -0.117. The Kier molecular flexibility index (Phi) is 8.07. The first-order valence-corrected chi connectivity index (χ1v) is 11.8. The fourth-order valence-electron chi connectivity index (χ4n) is 4.08. The zero-order valence-electron chi connectivity index (χ0n) is 19.6. The molecule has 1 saturated heterocycles. The lowest BCUT2D eigenvalue weighted by atomic mass is 10.1. The van der Waals surface area contributed by atoms with Gasteiger partial charge >= 0.3 is 0 Å². The molecule has 1 aliphatic heterocycles. The highest BCUT2D eigenvalue weighted by atomic mass is 16.2. The van der Waals surface area contributed by atoms with Crippen LogP contribution in [-0.4, -0.2) is 53.8 Å². The number of benzene rings is 3. The van der Waals surface area contributed by atoms with Crippen molar-refractivity contribution in [1.82, 2.24) is 15.1 Å². The van der Waals surface area contributed by atoms with Crippen molar-refractivity contribution in [1.29, 1.82) is 0 Å². The van der Waals surface area contributed by atoms with Crippen molar-refractivity contribution in [2.45, 2.75) is 26.1 Å². The number of carbonyl (C=O) groups is 2. The van der Waals surface area contributed by atoms with Crippen LogP contribution < -0.4 is 10.6 Å². The highest BCUT2D eigenvalue weighted by molar-refractivity contribution is 6.00. The normalized spacial score (nSPS) is 15.4. The van der Waals surface area contributed by atoms with Crippen molar-refractivity contribution >= 4 is 17.5 Å². The Balaban J connectivity index is 1.21. The molecule has 34 heavy (non-hydrogen) atoms. The van der Waals surface area contributed by atoms with Gasteiger partial charge in [-0.05, 0) is 42.3 Å². The van der Waals surface area contributed by atoms with Crippen molar-refractivity contribution in [2.24, 2.45) is 0 Å². The van der Waals surface area contributed by atoms with E-state index in [0.29, 0.717) is 5.56 Å². The summed E-state index contributed by atoms with van der Waals surface area (Å²) in [5.41, 5.74) is 3.84. The van der Waals surface area contributed by atoms with Gasteiger partial charge in [-0.2, -0.15) is 0 Å². The number of nitrogens with zero attached hydrogens (tertiary/aromatic N) is 2. The number of hydrogen-bond donors (Lipinski definition) is 2. The van der Waals surface area contributed by atoms with E-state index in [2.05, 4.69) is 62.9 Å². The Morgan fingerprint density at radius 2 is 1.24 bits per heavy atom. The van der Waals surface area contributed by atoms with Gasteiger partial charge in [-0.15, -0.1) is 0 Å². The predicted molar refractivity (Wildman–Crippen MR) is 135 cm³/mol. The van der Waals surface area contributed by atoms with E-state index in [-0.39, 0.29) is 11.8 Å². The van der Waals surface area contributed by atoms with E-state index in [1.165, 1.54) is 11.1 Å². The first-order chi connectivity index (χ1) is 16.6. The molecular formula is C28H32N4O2. The quantitative estimate of drug-likeness (QED) is 0.542. The minimum absolute atomic E-state index is 0.244. The van der Waals surface area contributed by atoms with Gasteiger partial charge in [0.05, 0.1) is 0 Å². The third-order valence-electron chi connectivity index (χ3n) is 6.12. The van der Waals surface area contributed by atoms with Gasteiger partial charge in [0, 0.05) is 50.5 Å². The number of hydrogen-bond acceptors (Lipinski definition) is 4. The molecule has 0 aromatic heterocycles. The third kappa shape index (κ3) is 6.76. The van der Waals surface area contributed by atoms with Gasteiger partial charge in [0.2, 0.25) is 5.91 Å². The molecule has 6 nitrogen and oxygen atoms in total. The molecule has 3 aromatic rings. The second-order valence-electron chi connectivity index (χ2n) is 8.79. The molecule has 1 fully saturated rings. The van der Waals surface area contributed by atoms with Crippen LogP contribution >= 0.6 is 0 Å². The lowest BCUT2D eigenvalue weighted by Crippen LogP contribution is -2.45. The van der Waals surface area contributed by atoms with Crippen molar-refractivity contribution in [3.05, 3.63) is 102 Å². The fourth-order valence-corrected chi connectivity index (χ4v) is 4.08. The minimum Gasteiger partial charge on any atom is -0.341 e. The van der Waals surface area contributed by atoms with E-state index in [9.17, 15) is 9.59 Å². The predicted octanol–water partition coefficient (Wildman–Crippen LogP) is 3.76. The Hall–Kier alpha value is -3.48. The largest absolute Gasteiger partial charge is 0.341 e. The summed E-state index contributed by atoms with van der Waals surface area (Å²) in [5.74, 6) is -0.506. The summed E-state index contributed by atoms with van der Waals surface area (Å²) >= 11 is 0. The van der Waals surface area contributed by atoms with Gasteiger partial charge in [-0.1, -0.05) is 60.7 Å². The number of anilines is 1. The smallest absolute Gasteiger partial charge is 0.251 e. The van der Waals surface area contributed by atoms with E-state index >= 15 is 0 Å². The van der Waals surface area contributed by atoms with Gasteiger partial charge in [0.25, 0.3) is 5.91 Å². The zero-order chi connectivity index (χ0) is 23.8. The highest BCUT2D eigenvalue weighted by Crippen LogP contribution is 2.14. The fraction of sp³-hybridized carbons (Fsp3) is 0.286. The first-order valence-electron chi connectivity index (χ1n) is 11.8. The molecule has 0 spiro atoms. The van der Waals surface area contributed by atoms with Crippen molar-refractivity contribution in [3.63, 3.8) is 0 Å². The maximum absolute atomic E-state index is 12.5. The second-order valence-corrected chi connectivity index (χ2v) is 8.79. The zero-order valence-corrected chi connectivity index (χ0v) is 19.6. The van der Waals surface area contributed by atoms with Crippen LogP contribution in [0.1, 0.15) is 28.4 Å². The molecule has 3 aromatic carbocycles. The molecule has 0 bridgehead atoms. The van der Waals surface area contributed by atoms with E-state index in [0.717, 1.165) is 45.0 Å². The Morgan fingerprint density at radius 1 is 0.735 bits per heavy atom. The van der Waals surface area contributed by atoms with Gasteiger partial charge in [0.15, 0.2) is 0 Å². The highest BCUT2D eigenvalue weighted by Gasteiger charge is 2.18. The summed E-state index contributed by atoms with van der Waals surface area (Å²) in [4.78, 5) is 29.7. The van der Waals surface area contributed by atoms with Crippen LogP contribution in [-0.2, 0) is 17.9 Å². The maximum atomic E-state index is 12.5. The van der Waals surface area contributed by atoms with Gasteiger partial charge < -0.3 is 10.6 Å². The van der Waals surface area contributed by atoms with E-state index in [1.54, 1.807) is 31.2 Å². The summed E-state index contributed by atoms with van der Waals surface area (Å²) in [6, 6.07) is 26.8. The average Bonchev–Trinajstić information content (AvgIpc) is 2.87. The number of rotatable bonds is 8. The summed E-state index contributed by atoms with van der Waals surface area (Å²) in [7, 11) is 0. The van der Waals surface area contributed by atoms with Crippen LogP contribution in [0, 0.1) is 0 Å². The SMILES string of the molecule is C[C@@H](NC(=O)c1ccccc1)C(=O)Nc1ccc(CN2CCN(Cc3ccccc3)CC2)cc1. The Bertz CT molecular complexity index is 1060. The van der Waals surface area contributed by atoms with Crippen LogP contribution in [0.3, 0.4) is 0 Å². The molecule has 4 rings (SSSR count). The van der Waals surface area contributed by atoms with Crippen LogP contribution in [0.5, 0.6) is 0 Å². The van der Waals surface area contributed by atoms with Gasteiger partial charge in [-0.25, -0.2) is 0 Å². The summed E-state index contributed by atoms with van der Waals surface area (Å²) < 4.78 is 0. The molecule has 1 aliphatic rings. The van der Waals surface area contributed by atoms with Crippen LogP contribution in [0.15, 0.2) is 84.9 Å². The second kappa shape index (κ2) is 11.6. The molecule has 0 unspecified atom stereocenters. The summed E-state index contributed by atoms with van der Waals surface area (Å²) in [5, 5.41) is 5.62. The standard InChI is InChI=1S/C28H32N4O2/c1-22(29-28(34)25-10-6-3-7-11-25)27(33)30-26-14-12-24(13-15-26)21-32-18-16-31(17-19-32)20-23-8-4-2-5-9-23/h2-15,22H,16-21H2,1H3,(H,29,34)(H,30,33)/t22-/m1/s1. The maximum Gasteiger partial charge on any atom is 0.251 e. The molecule has 0 saturated carbocycles. The molecule has 0 radical (unpaired) electrons. The Morgan fingerprint density at radius 3 is 1.79 bits per heavy atom. The van der Waals surface area contributed by atoms with E-state index in [1.807, 2.05) is 18.2 Å². The van der Waals surface area contributed by atoms with Gasteiger partial charge in [-0.3, -0.25) is 19.4 Å². The molecule has 6 heteroatoms. The van der Waals surface area contributed by atoms with Crippen LogP contribution in [0.2, 0.25) is 0 Å². The van der Waals surface area contributed by atoms with Crippen LogP contribution in [0.4, 0.5) is 5.69 Å². The van der Waals surface area contributed by atoms with Crippen molar-refractivity contribution < 1.29 is 9.59 Å². The lowest BCUT2D eigenvalue weighted by Gasteiger charge is -2.34. The number of piperazine rings is 1. The molecule has 176 valence electrons. The monoisotopic (exact) mass is 456 g/mol. The van der Waals surface area contributed by atoms with Crippen molar-refractivity contribution in [2.75, 3.05) is 31.5 Å². The van der Waals surface area contributed by atoms with Crippen molar-refractivity contribution in [3.8, 4) is 0 Å². The molecule has 1 atom stereocenters. The summed E-state index contributed by atoms with van der Waals surface area (Å²) in [6.45, 7) is 7.81. The van der Waals surface area contributed by atoms with E-state index < -0.39 is 6.04 Å². The molecular weight excluding hydrogens is 424 g/mol. The van der Waals surface area contributed by atoms with E-state index in [4.69, 9.17) is 0 Å².